The number of hydrogen-bond acceptors (Lipinski definition) is 5. The predicted molar refractivity (Wildman–Crippen MR) is 117 cm³/mol. The van der Waals surface area contributed by atoms with Crippen molar-refractivity contribution in [2.75, 3.05) is 11.5 Å². The van der Waals surface area contributed by atoms with E-state index in [-0.39, 0.29) is 16.0 Å². The fraction of sp³-hybridized carbons (Fsp3) is 0.333. The Balaban J connectivity index is 1.78. The van der Waals surface area contributed by atoms with Gasteiger partial charge in [-0.1, -0.05) is 18.7 Å². The van der Waals surface area contributed by atoms with E-state index in [4.69, 9.17) is 4.74 Å². The van der Waals surface area contributed by atoms with Gasteiger partial charge in [-0.15, -0.1) is 23.5 Å². The minimum Gasteiger partial charge on any atom is -0.442 e. The van der Waals surface area contributed by atoms with E-state index in [9.17, 15) is 22.7 Å². The lowest BCUT2D eigenvalue weighted by atomic mass is 9.99. The molecule has 2 aromatic carbocycles. The number of alkyl halides is 3. The number of thioether (sulfide) groups is 2. The minimum absolute atomic E-state index is 0.197. The molecule has 2 aliphatic heterocycles. The van der Waals surface area contributed by atoms with Gasteiger partial charge in [-0.05, 0) is 75.3 Å². The van der Waals surface area contributed by atoms with E-state index in [1.807, 2.05) is 0 Å². The number of ether oxygens (including phenoxy) is 2. The molecule has 2 aromatic rings. The fourth-order valence-corrected chi connectivity index (χ4v) is 7.18. The summed E-state index contributed by atoms with van der Waals surface area (Å²) in [6, 6.07) is 8.47. The highest BCUT2D eigenvalue weighted by atomic mass is 79.9. The van der Waals surface area contributed by atoms with Crippen LogP contribution in [0.15, 0.2) is 53.5 Å². The molecule has 0 bridgehead atoms. The highest BCUT2D eigenvalue weighted by Crippen LogP contribution is 2.59. The summed E-state index contributed by atoms with van der Waals surface area (Å²) in [7, 11) is 0. The first-order chi connectivity index (χ1) is 14.6. The van der Waals surface area contributed by atoms with Gasteiger partial charge in [-0.2, -0.15) is 13.2 Å². The summed E-state index contributed by atoms with van der Waals surface area (Å²) in [6.07, 6.45) is -4.10. The summed E-state index contributed by atoms with van der Waals surface area (Å²) in [5.74, 6) is -3.05. The van der Waals surface area contributed by atoms with E-state index in [1.165, 1.54) is 53.9 Å². The molecular formula is C21H17BrF4O3S2. The predicted octanol–water partition coefficient (Wildman–Crippen LogP) is 6.56. The van der Waals surface area contributed by atoms with Crippen molar-refractivity contribution in [2.45, 2.75) is 28.6 Å². The molecule has 0 amide bonds. The highest BCUT2D eigenvalue weighted by Gasteiger charge is 2.62. The highest BCUT2D eigenvalue weighted by molar-refractivity contribution is 9.10. The Morgan fingerprint density at radius 1 is 1.06 bits per heavy atom. The van der Waals surface area contributed by atoms with Crippen LogP contribution < -0.4 is 9.47 Å². The fourth-order valence-electron chi connectivity index (χ4n) is 3.41. The van der Waals surface area contributed by atoms with Crippen LogP contribution in [0, 0.1) is 5.82 Å². The lowest BCUT2D eigenvalue weighted by Gasteiger charge is -2.41. The van der Waals surface area contributed by atoms with Crippen molar-refractivity contribution in [1.82, 2.24) is 0 Å². The Morgan fingerprint density at radius 3 is 2.42 bits per heavy atom. The third kappa shape index (κ3) is 3.85. The normalized spacial score (nSPS) is 25.0. The SMILES string of the molecule is C=CC1(F)Oc2ccc(C3(C(O)c4ccc(F)c(Br)c4)SCCCS3)cc2OC1(F)F. The van der Waals surface area contributed by atoms with Crippen molar-refractivity contribution < 1.29 is 32.1 Å². The summed E-state index contributed by atoms with van der Waals surface area (Å²) < 4.78 is 65.3. The van der Waals surface area contributed by atoms with E-state index in [2.05, 4.69) is 27.2 Å². The molecule has 0 aromatic heterocycles. The minimum atomic E-state index is -4.28. The number of aliphatic hydroxyl groups is 1. The van der Waals surface area contributed by atoms with Gasteiger partial charge >= 0.3 is 12.0 Å². The molecule has 1 N–H and O–H groups in total. The molecule has 1 fully saturated rings. The van der Waals surface area contributed by atoms with Crippen LogP contribution in [0.4, 0.5) is 17.6 Å². The van der Waals surface area contributed by atoms with Crippen molar-refractivity contribution in [3.05, 3.63) is 70.5 Å². The Labute approximate surface area is 193 Å². The largest absolute Gasteiger partial charge is 0.475 e. The number of rotatable bonds is 4. The number of fused-ring (bicyclic) bond motifs is 1. The first-order valence-electron chi connectivity index (χ1n) is 9.26. The summed E-state index contributed by atoms with van der Waals surface area (Å²) >= 11 is 6.05. The summed E-state index contributed by atoms with van der Waals surface area (Å²) in [6.45, 7) is 3.07. The van der Waals surface area contributed by atoms with Gasteiger partial charge in [0.1, 0.15) is 16.0 Å². The topological polar surface area (TPSA) is 38.7 Å². The first kappa shape index (κ1) is 22.8. The van der Waals surface area contributed by atoms with Crippen LogP contribution >= 0.6 is 39.5 Å². The van der Waals surface area contributed by atoms with Crippen LogP contribution in [-0.2, 0) is 4.08 Å². The van der Waals surface area contributed by atoms with Gasteiger partial charge in [-0.25, -0.2) is 4.39 Å². The second-order valence-corrected chi connectivity index (χ2v) is 10.8. The molecule has 3 nitrogen and oxygen atoms in total. The van der Waals surface area contributed by atoms with Gasteiger partial charge in [-0.3, -0.25) is 0 Å². The van der Waals surface area contributed by atoms with Crippen molar-refractivity contribution in [2.24, 2.45) is 0 Å². The molecule has 0 saturated carbocycles. The molecule has 2 unspecified atom stereocenters. The van der Waals surface area contributed by atoms with Crippen LogP contribution in [0.1, 0.15) is 23.7 Å². The zero-order chi connectivity index (χ0) is 22.4. The third-order valence-corrected chi connectivity index (χ3v) is 9.12. The Kier molecular flexibility index (Phi) is 6.04. The average molecular weight is 537 g/mol. The van der Waals surface area contributed by atoms with Gasteiger partial charge in [0.15, 0.2) is 11.5 Å². The molecule has 1 saturated heterocycles. The first-order valence-corrected chi connectivity index (χ1v) is 12.0. The zero-order valence-corrected chi connectivity index (χ0v) is 19.1. The van der Waals surface area contributed by atoms with Crippen molar-refractivity contribution in [3.63, 3.8) is 0 Å². The standard InChI is InChI=1S/C21H17BrF4O3S2/c1-2-19(24)21(25,26)29-17-11-13(5-7-16(17)28-19)20(30-8-3-9-31-20)18(27)12-4-6-15(23)14(22)10-12/h2,4-7,10-11,18,27H,1,3,8-9H2. The van der Waals surface area contributed by atoms with Crippen LogP contribution in [0.2, 0.25) is 0 Å². The number of aliphatic hydroxyl groups excluding tert-OH is 1. The van der Waals surface area contributed by atoms with Gasteiger partial charge < -0.3 is 14.6 Å². The molecule has 2 atom stereocenters. The molecule has 166 valence electrons. The molecular weight excluding hydrogens is 520 g/mol. The molecule has 0 spiro atoms. The Hall–Kier alpha value is -1.36. The molecule has 0 aliphatic carbocycles. The third-order valence-electron chi connectivity index (χ3n) is 5.04. The van der Waals surface area contributed by atoms with Gasteiger partial charge in [0.25, 0.3) is 0 Å². The van der Waals surface area contributed by atoms with Gasteiger partial charge in [0, 0.05) is 0 Å². The molecule has 10 heteroatoms. The van der Waals surface area contributed by atoms with Crippen LogP contribution in [0.5, 0.6) is 11.5 Å². The van der Waals surface area contributed by atoms with Crippen LogP contribution in [-0.4, -0.2) is 28.6 Å². The lowest BCUT2D eigenvalue weighted by Crippen LogP contribution is -2.53. The van der Waals surface area contributed by atoms with Crippen LogP contribution in [0.25, 0.3) is 0 Å². The number of halogens is 5. The van der Waals surface area contributed by atoms with E-state index in [0.717, 1.165) is 17.9 Å². The molecule has 2 heterocycles. The summed E-state index contributed by atoms with van der Waals surface area (Å²) in [5.41, 5.74) is 0.961. The smallest absolute Gasteiger partial charge is 0.442 e. The summed E-state index contributed by atoms with van der Waals surface area (Å²) in [4.78, 5) is 0. The molecule has 31 heavy (non-hydrogen) atoms. The molecule has 2 aliphatic rings. The Bertz CT molecular complexity index is 1020. The average Bonchev–Trinajstić information content (AvgIpc) is 2.75. The monoisotopic (exact) mass is 536 g/mol. The second kappa shape index (κ2) is 8.20. The Morgan fingerprint density at radius 2 is 1.77 bits per heavy atom. The van der Waals surface area contributed by atoms with E-state index in [0.29, 0.717) is 17.2 Å². The van der Waals surface area contributed by atoms with E-state index < -0.39 is 28.0 Å². The quantitative estimate of drug-likeness (QED) is 0.353. The van der Waals surface area contributed by atoms with Gasteiger partial charge in [0.2, 0.25) is 0 Å². The van der Waals surface area contributed by atoms with Gasteiger partial charge in [0.05, 0.1) is 4.47 Å². The summed E-state index contributed by atoms with van der Waals surface area (Å²) in [5, 5.41) is 11.3. The van der Waals surface area contributed by atoms with E-state index >= 15 is 0 Å². The van der Waals surface area contributed by atoms with Crippen molar-refractivity contribution in [3.8, 4) is 11.5 Å². The molecule has 0 radical (unpaired) electrons. The maximum absolute atomic E-state index is 14.4. The van der Waals surface area contributed by atoms with Crippen molar-refractivity contribution >= 4 is 39.5 Å². The molecule has 4 rings (SSSR count). The van der Waals surface area contributed by atoms with E-state index in [1.54, 1.807) is 6.07 Å². The van der Waals surface area contributed by atoms with Crippen molar-refractivity contribution in [1.29, 1.82) is 0 Å². The maximum atomic E-state index is 14.4. The zero-order valence-electron chi connectivity index (χ0n) is 15.9. The number of benzene rings is 2. The maximum Gasteiger partial charge on any atom is 0.475 e. The van der Waals surface area contributed by atoms with Crippen LogP contribution in [0.3, 0.4) is 0 Å². The second-order valence-electron chi connectivity index (χ2n) is 7.03. The lowest BCUT2D eigenvalue weighted by molar-refractivity contribution is -0.319. The number of hydrogen-bond donors (Lipinski definition) is 1.